The third kappa shape index (κ3) is 5.25. The number of carboxylic acid groups (broad SMARTS) is 1. The number of hydrogen-bond donors (Lipinski definition) is 1. The van der Waals surface area contributed by atoms with Crippen molar-refractivity contribution in [3.63, 3.8) is 0 Å². The van der Waals surface area contributed by atoms with Gasteiger partial charge in [0.2, 0.25) is 5.91 Å². The van der Waals surface area contributed by atoms with Crippen LogP contribution in [0, 0.1) is 19.8 Å². The number of rotatable bonds is 7. The number of piperidine rings is 1. The Kier molecular flexibility index (Phi) is 6.64. The number of carbonyl (C=O) groups is 2. The van der Waals surface area contributed by atoms with E-state index in [-0.39, 0.29) is 11.8 Å². The molecule has 0 aliphatic carbocycles. The maximum Gasteiger partial charge on any atom is 0.306 e. The third-order valence-electron chi connectivity index (χ3n) is 4.58. The summed E-state index contributed by atoms with van der Waals surface area (Å²) in [4.78, 5) is 24.9. The summed E-state index contributed by atoms with van der Waals surface area (Å²) in [5.74, 6) is 0.00773. The summed E-state index contributed by atoms with van der Waals surface area (Å²) in [6.07, 6.45) is 3.27. The van der Waals surface area contributed by atoms with E-state index in [1.807, 2.05) is 19.9 Å². The van der Waals surface area contributed by atoms with Crippen molar-refractivity contribution in [1.82, 2.24) is 4.90 Å². The Bertz CT molecular complexity index is 577. The summed E-state index contributed by atoms with van der Waals surface area (Å²) in [6.45, 7) is 5.81. The Morgan fingerprint density at radius 1 is 1.21 bits per heavy atom. The van der Waals surface area contributed by atoms with Crippen molar-refractivity contribution >= 4 is 11.9 Å². The topological polar surface area (TPSA) is 66.8 Å². The van der Waals surface area contributed by atoms with Gasteiger partial charge in [0.05, 0.1) is 12.5 Å². The quantitative estimate of drug-likeness (QED) is 0.778. The summed E-state index contributed by atoms with van der Waals surface area (Å²) >= 11 is 0. The number of unbranched alkanes of at least 4 members (excludes halogenated alkanes) is 1. The number of aliphatic carboxylic acids is 1. The molecule has 132 valence electrons. The molecule has 0 spiro atoms. The number of aryl methyl sites for hydroxylation is 2. The largest absolute Gasteiger partial charge is 0.493 e. The van der Waals surface area contributed by atoms with Crippen LogP contribution in [0.15, 0.2) is 18.2 Å². The van der Waals surface area contributed by atoms with Crippen molar-refractivity contribution in [2.75, 3.05) is 19.7 Å². The van der Waals surface area contributed by atoms with Crippen LogP contribution in [0.3, 0.4) is 0 Å². The highest BCUT2D eigenvalue weighted by atomic mass is 16.5. The van der Waals surface area contributed by atoms with Crippen molar-refractivity contribution in [3.8, 4) is 5.75 Å². The molecule has 0 aromatic heterocycles. The molecule has 0 saturated carbocycles. The average Bonchev–Trinajstić information content (AvgIpc) is 2.57. The molecule has 1 fully saturated rings. The molecule has 5 heteroatoms. The molecule has 1 N–H and O–H groups in total. The van der Waals surface area contributed by atoms with Gasteiger partial charge in [-0.1, -0.05) is 12.1 Å². The number of hydrogen-bond acceptors (Lipinski definition) is 3. The van der Waals surface area contributed by atoms with E-state index in [0.29, 0.717) is 39.0 Å². The number of likely N-dealkylation sites (tertiary alicyclic amines) is 1. The first-order valence-electron chi connectivity index (χ1n) is 8.68. The predicted molar refractivity (Wildman–Crippen MR) is 92.2 cm³/mol. The number of carbonyl (C=O) groups excluding carboxylic acids is 1. The standard InChI is InChI=1S/C19H27NO4/c1-14-6-7-15(2)17(13-14)24-12-4-3-5-18(21)20-10-8-16(9-11-20)19(22)23/h6-7,13,16H,3-5,8-12H2,1-2H3,(H,22,23). The van der Waals surface area contributed by atoms with Gasteiger partial charge in [-0.2, -0.15) is 0 Å². The van der Waals surface area contributed by atoms with Gasteiger partial charge in [-0.3, -0.25) is 9.59 Å². The van der Waals surface area contributed by atoms with E-state index >= 15 is 0 Å². The van der Waals surface area contributed by atoms with Crippen LogP contribution in [0.25, 0.3) is 0 Å². The Hall–Kier alpha value is -2.04. The highest BCUT2D eigenvalue weighted by Crippen LogP contribution is 2.20. The van der Waals surface area contributed by atoms with Gasteiger partial charge in [-0.25, -0.2) is 0 Å². The van der Waals surface area contributed by atoms with Crippen molar-refractivity contribution in [3.05, 3.63) is 29.3 Å². The molecule has 0 radical (unpaired) electrons. The fourth-order valence-corrected chi connectivity index (χ4v) is 2.96. The maximum absolute atomic E-state index is 12.1. The second kappa shape index (κ2) is 8.71. The Labute approximate surface area is 143 Å². The number of nitrogens with zero attached hydrogens (tertiary/aromatic N) is 1. The van der Waals surface area contributed by atoms with Gasteiger partial charge in [0, 0.05) is 19.5 Å². The number of carboxylic acids is 1. The highest BCUT2D eigenvalue weighted by molar-refractivity contribution is 5.77. The molecule has 1 aromatic rings. The smallest absolute Gasteiger partial charge is 0.306 e. The second-order valence-electron chi connectivity index (χ2n) is 6.57. The fourth-order valence-electron chi connectivity index (χ4n) is 2.96. The lowest BCUT2D eigenvalue weighted by atomic mass is 9.97. The zero-order valence-corrected chi connectivity index (χ0v) is 14.6. The van der Waals surface area contributed by atoms with Gasteiger partial charge in [-0.15, -0.1) is 0 Å². The van der Waals surface area contributed by atoms with E-state index in [1.165, 1.54) is 5.56 Å². The molecule has 1 aliphatic heterocycles. The molecule has 0 bridgehead atoms. The van der Waals surface area contributed by atoms with Crippen LogP contribution in [0.5, 0.6) is 5.75 Å². The van der Waals surface area contributed by atoms with E-state index in [9.17, 15) is 9.59 Å². The van der Waals surface area contributed by atoms with Crippen LogP contribution in [-0.2, 0) is 9.59 Å². The Morgan fingerprint density at radius 2 is 1.92 bits per heavy atom. The zero-order chi connectivity index (χ0) is 17.5. The fraction of sp³-hybridized carbons (Fsp3) is 0.579. The average molecular weight is 333 g/mol. The first kappa shape index (κ1) is 18.3. The van der Waals surface area contributed by atoms with Crippen LogP contribution in [0.2, 0.25) is 0 Å². The molecule has 1 amide bonds. The van der Waals surface area contributed by atoms with Gasteiger partial charge in [0.1, 0.15) is 5.75 Å². The zero-order valence-electron chi connectivity index (χ0n) is 14.6. The van der Waals surface area contributed by atoms with Crippen molar-refractivity contribution < 1.29 is 19.4 Å². The molecule has 1 saturated heterocycles. The first-order valence-corrected chi connectivity index (χ1v) is 8.68. The molecule has 5 nitrogen and oxygen atoms in total. The number of ether oxygens (including phenoxy) is 1. The summed E-state index contributed by atoms with van der Waals surface area (Å²) in [6, 6.07) is 6.15. The van der Waals surface area contributed by atoms with Gasteiger partial charge >= 0.3 is 5.97 Å². The Morgan fingerprint density at radius 3 is 2.58 bits per heavy atom. The van der Waals surface area contributed by atoms with Gasteiger partial charge in [0.15, 0.2) is 0 Å². The van der Waals surface area contributed by atoms with Crippen LogP contribution in [0.1, 0.15) is 43.2 Å². The minimum atomic E-state index is -0.745. The van der Waals surface area contributed by atoms with E-state index in [0.717, 1.165) is 24.2 Å². The van der Waals surface area contributed by atoms with Crippen molar-refractivity contribution in [1.29, 1.82) is 0 Å². The third-order valence-corrected chi connectivity index (χ3v) is 4.58. The highest BCUT2D eigenvalue weighted by Gasteiger charge is 2.26. The first-order chi connectivity index (χ1) is 11.5. The van der Waals surface area contributed by atoms with Gasteiger partial charge < -0.3 is 14.7 Å². The second-order valence-corrected chi connectivity index (χ2v) is 6.57. The van der Waals surface area contributed by atoms with Crippen LogP contribution >= 0.6 is 0 Å². The molecule has 1 aromatic carbocycles. The van der Waals surface area contributed by atoms with Crippen LogP contribution < -0.4 is 4.74 Å². The van der Waals surface area contributed by atoms with E-state index < -0.39 is 5.97 Å². The lowest BCUT2D eigenvalue weighted by Crippen LogP contribution is -2.40. The minimum Gasteiger partial charge on any atom is -0.493 e. The summed E-state index contributed by atoms with van der Waals surface area (Å²) in [7, 11) is 0. The normalized spacial score (nSPS) is 15.3. The van der Waals surface area contributed by atoms with E-state index in [1.54, 1.807) is 4.90 Å². The Balaban J connectivity index is 1.63. The molecule has 1 aliphatic rings. The minimum absolute atomic E-state index is 0.130. The molecular formula is C19H27NO4. The SMILES string of the molecule is Cc1ccc(C)c(OCCCCC(=O)N2CCC(C(=O)O)CC2)c1. The lowest BCUT2D eigenvalue weighted by molar-refractivity contribution is -0.145. The van der Waals surface area contributed by atoms with Gasteiger partial charge in [0.25, 0.3) is 0 Å². The molecule has 2 rings (SSSR count). The van der Waals surface area contributed by atoms with E-state index in [4.69, 9.17) is 9.84 Å². The molecule has 1 heterocycles. The van der Waals surface area contributed by atoms with Crippen LogP contribution in [-0.4, -0.2) is 41.6 Å². The number of amides is 1. The summed E-state index contributed by atoms with van der Waals surface area (Å²) in [5, 5.41) is 8.98. The lowest BCUT2D eigenvalue weighted by Gasteiger charge is -2.30. The van der Waals surface area contributed by atoms with Crippen molar-refractivity contribution in [2.24, 2.45) is 5.92 Å². The van der Waals surface area contributed by atoms with Crippen LogP contribution in [0.4, 0.5) is 0 Å². The predicted octanol–water partition coefficient (Wildman–Crippen LogP) is 3.18. The number of benzene rings is 1. The summed E-state index contributed by atoms with van der Waals surface area (Å²) in [5.41, 5.74) is 2.30. The van der Waals surface area contributed by atoms with Crippen molar-refractivity contribution in [2.45, 2.75) is 46.0 Å². The summed E-state index contributed by atoms with van der Waals surface area (Å²) < 4.78 is 5.80. The molecular weight excluding hydrogens is 306 g/mol. The monoisotopic (exact) mass is 333 g/mol. The molecule has 0 atom stereocenters. The van der Waals surface area contributed by atoms with E-state index in [2.05, 4.69) is 12.1 Å². The molecule has 0 unspecified atom stereocenters. The maximum atomic E-state index is 12.1. The van der Waals surface area contributed by atoms with Gasteiger partial charge in [-0.05, 0) is 56.7 Å². The molecule has 24 heavy (non-hydrogen) atoms.